The summed E-state index contributed by atoms with van der Waals surface area (Å²) in [5, 5.41) is 3.53. The zero-order valence-electron chi connectivity index (χ0n) is 7.00. The SMILES string of the molecule is Nc1cnoc1-c1cccc(F)c1Br. The Bertz CT molecular complexity index is 470. The van der Waals surface area contributed by atoms with Gasteiger partial charge in [-0.2, -0.15) is 0 Å². The van der Waals surface area contributed by atoms with Crippen LogP contribution in [-0.4, -0.2) is 5.16 Å². The van der Waals surface area contributed by atoms with Gasteiger partial charge in [-0.25, -0.2) is 4.39 Å². The molecular weight excluding hydrogens is 251 g/mol. The number of hydrogen-bond acceptors (Lipinski definition) is 3. The van der Waals surface area contributed by atoms with E-state index in [0.29, 0.717) is 21.5 Å². The van der Waals surface area contributed by atoms with E-state index in [2.05, 4.69) is 21.1 Å². The average molecular weight is 257 g/mol. The Morgan fingerprint density at radius 3 is 2.86 bits per heavy atom. The number of benzene rings is 1. The molecular formula is C9H6BrFN2O. The normalized spacial score (nSPS) is 10.4. The van der Waals surface area contributed by atoms with Crippen LogP contribution >= 0.6 is 15.9 Å². The van der Waals surface area contributed by atoms with E-state index in [1.807, 2.05) is 0 Å². The van der Waals surface area contributed by atoms with Gasteiger partial charge in [-0.05, 0) is 28.1 Å². The Balaban J connectivity index is 2.63. The van der Waals surface area contributed by atoms with E-state index < -0.39 is 0 Å². The van der Waals surface area contributed by atoms with Gasteiger partial charge in [-0.3, -0.25) is 0 Å². The quantitative estimate of drug-likeness (QED) is 0.854. The first-order valence-electron chi connectivity index (χ1n) is 3.84. The van der Waals surface area contributed by atoms with E-state index >= 15 is 0 Å². The molecule has 0 spiro atoms. The number of halogens is 2. The minimum absolute atomic E-state index is 0.323. The molecule has 2 aromatic rings. The molecule has 0 radical (unpaired) electrons. The van der Waals surface area contributed by atoms with Crippen LogP contribution in [-0.2, 0) is 0 Å². The first-order chi connectivity index (χ1) is 6.70. The summed E-state index contributed by atoms with van der Waals surface area (Å²) in [6.45, 7) is 0. The van der Waals surface area contributed by atoms with Crippen molar-refractivity contribution < 1.29 is 8.91 Å². The molecule has 0 saturated carbocycles. The standard InChI is InChI=1S/C9H6BrFN2O/c10-8-5(2-1-3-6(8)11)9-7(12)4-13-14-9/h1-4H,12H2. The van der Waals surface area contributed by atoms with Crippen LogP contribution in [0.3, 0.4) is 0 Å². The van der Waals surface area contributed by atoms with Gasteiger partial charge in [-0.15, -0.1) is 0 Å². The maximum Gasteiger partial charge on any atom is 0.190 e. The molecule has 3 nitrogen and oxygen atoms in total. The van der Waals surface area contributed by atoms with Crippen LogP contribution in [0.4, 0.5) is 10.1 Å². The first-order valence-corrected chi connectivity index (χ1v) is 4.64. The number of nitrogen functional groups attached to an aromatic ring is 1. The molecule has 2 N–H and O–H groups in total. The third-order valence-corrected chi connectivity index (χ3v) is 2.60. The second-order valence-corrected chi connectivity index (χ2v) is 3.50. The van der Waals surface area contributed by atoms with Crippen molar-refractivity contribution in [3.8, 4) is 11.3 Å². The maximum absolute atomic E-state index is 13.2. The minimum atomic E-state index is -0.363. The van der Waals surface area contributed by atoms with Gasteiger partial charge in [0.05, 0.1) is 10.7 Å². The van der Waals surface area contributed by atoms with Crippen LogP contribution in [0.15, 0.2) is 33.4 Å². The third-order valence-electron chi connectivity index (χ3n) is 1.79. The van der Waals surface area contributed by atoms with Crippen molar-refractivity contribution >= 4 is 21.6 Å². The fourth-order valence-electron chi connectivity index (χ4n) is 1.13. The third kappa shape index (κ3) is 1.39. The molecule has 1 aromatic carbocycles. The van der Waals surface area contributed by atoms with Gasteiger partial charge in [0.2, 0.25) is 0 Å². The number of nitrogens with two attached hydrogens (primary N) is 1. The van der Waals surface area contributed by atoms with Crippen LogP contribution in [0.1, 0.15) is 0 Å². The molecule has 2 rings (SSSR count). The molecule has 72 valence electrons. The first kappa shape index (κ1) is 9.21. The Morgan fingerprint density at radius 2 is 2.21 bits per heavy atom. The molecule has 0 saturated heterocycles. The number of hydrogen-bond donors (Lipinski definition) is 1. The van der Waals surface area contributed by atoms with E-state index in [4.69, 9.17) is 10.3 Å². The second-order valence-electron chi connectivity index (χ2n) is 2.71. The Hall–Kier alpha value is -1.36. The van der Waals surface area contributed by atoms with Crippen molar-refractivity contribution in [3.05, 3.63) is 34.7 Å². The van der Waals surface area contributed by atoms with Gasteiger partial charge in [0.15, 0.2) is 5.76 Å². The summed E-state index contributed by atoms with van der Waals surface area (Å²) < 4.78 is 18.4. The van der Waals surface area contributed by atoms with Gasteiger partial charge >= 0.3 is 0 Å². The molecule has 14 heavy (non-hydrogen) atoms. The van der Waals surface area contributed by atoms with E-state index in [1.54, 1.807) is 12.1 Å². The molecule has 0 atom stereocenters. The van der Waals surface area contributed by atoms with Crippen molar-refractivity contribution in [1.82, 2.24) is 5.16 Å². The van der Waals surface area contributed by atoms with Crippen LogP contribution in [0.2, 0.25) is 0 Å². The molecule has 0 aliphatic heterocycles. The van der Waals surface area contributed by atoms with Crippen LogP contribution in [0, 0.1) is 5.82 Å². The molecule has 0 aliphatic rings. The van der Waals surface area contributed by atoms with Gasteiger partial charge in [0.1, 0.15) is 11.5 Å². The predicted molar refractivity (Wildman–Crippen MR) is 54.0 cm³/mol. The Kier molecular flexibility index (Phi) is 2.25. The monoisotopic (exact) mass is 256 g/mol. The maximum atomic E-state index is 13.2. The summed E-state index contributed by atoms with van der Waals surface area (Å²) in [5.74, 6) is 0.00896. The van der Waals surface area contributed by atoms with Gasteiger partial charge in [0.25, 0.3) is 0 Å². The molecule has 0 aliphatic carbocycles. The fraction of sp³-hybridized carbons (Fsp3) is 0. The van der Waals surface area contributed by atoms with Crippen molar-refractivity contribution in [1.29, 1.82) is 0 Å². The number of anilines is 1. The van der Waals surface area contributed by atoms with Gasteiger partial charge in [-0.1, -0.05) is 11.2 Å². The number of rotatable bonds is 1. The van der Waals surface area contributed by atoms with E-state index in [-0.39, 0.29) is 5.82 Å². The lowest BCUT2D eigenvalue weighted by atomic mass is 10.1. The van der Waals surface area contributed by atoms with Crippen molar-refractivity contribution in [2.75, 3.05) is 5.73 Å². The molecule has 0 amide bonds. The summed E-state index contributed by atoms with van der Waals surface area (Å²) in [5.41, 5.74) is 6.53. The largest absolute Gasteiger partial charge is 0.394 e. The molecule has 1 heterocycles. The van der Waals surface area contributed by atoms with Crippen molar-refractivity contribution in [2.45, 2.75) is 0 Å². The smallest absolute Gasteiger partial charge is 0.190 e. The summed E-state index contributed by atoms with van der Waals surface area (Å²) in [4.78, 5) is 0. The lowest BCUT2D eigenvalue weighted by Gasteiger charge is -2.01. The van der Waals surface area contributed by atoms with E-state index in [9.17, 15) is 4.39 Å². The summed E-state index contributed by atoms with van der Waals surface area (Å²) >= 11 is 3.12. The molecule has 5 heteroatoms. The highest BCUT2D eigenvalue weighted by atomic mass is 79.9. The summed E-state index contributed by atoms with van der Waals surface area (Å²) in [7, 11) is 0. The Morgan fingerprint density at radius 1 is 1.43 bits per heavy atom. The highest BCUT2D eigenvalue weighted by Crippen LogP contribution is 2.33. The molecule has 0 bridgehead atoms. The lowest BCUT2D eigenvalue weighted by Crippen LogP contribution is -1.87. The van der Waals surface area contributed by atoms with E-state index in [1.165, 1.54) is 12.3 Å². The van der Waals surface area contributed by atoms with Crippen molar-refractivity contribution in [3.63, 3.8) is 0 Å². The van der Waals surface area contributed by atoms with Crippen LogP contribution < -0.4 is 5.73 Å². The van der Waals surface area contributed by atoms with Gasteiger partial charge in [0, 0.05) is 5.56 Å². The van der Waals surface area contributed by atoms with Crippen LogP contribution in [0.5, 0.6) is 0 Å². The zero-order valence-corrected chi connectivity index (χ0v) is 8.58. The highest BCUT2D eigenvalue weighted by Gasteiger charge is 2.13. The highest BCUT2D eigenvalue weighted by molar-refractivity contribution is 9.10. The van der Waals surface area contributed by atoms with Gasteiger partial charge < -0.3 is 10.3 Å². The Labute approximate surface area is 87.8 Å². The summed E-state index contributed by atoms with van der Waals surface area (Å²) in [6, 6.07) is 4.63. The second kappa shape index (κ2) is 3.42. The van der Waals surface area contributed by atoms with Crippen LogP contribution in [0.25, 0.3) is 11.3 Å². The minimum Gasteiger partial charge on any atom is -0.394 e. The topological polar surface area (TPSA) is 52.0 Å². The fourth-order valence-corrected chi connectivity index (χ4v) is 1.58. The zero-order chi connectivity index (χ0) is 10.1. The number of nitrogens with zero attached hydrogens (tertiary/aromatic N) is 1. The summed E-state index contributed by atoms with van der Waals surface area (Å²) in [6.07, 6.45) is 1.38. The lowest BCUT2D eigenvalue weighted by molar-refractivity contribution is 0.432. The molecule has 1 aromatic heterocycles. The molecule has 0 unspecified atom stereocenters. The number of aromatic nitrogens is 1. The average Bonchev–Trinajstić information content (AvgIpc) is 2.57. The van der Waals surface area contributed by atoms with Crippen molar-refractivity contribution in [2.24, 2.45) is 0 Å². The predicted octanol–water partition coefficient (Wildman–Crippen LogP) is 2.83. The van der Waals surface area contributed by atoms with E-state index in [0.717, 1.165) is 0 Å². The molecule has 0 fully saturated rings.